The monoisotopic (exact) mass is 509 g/mol. The molecule has 5 rings (SSSR count). The summed E-state index contributed by atoms with van der Waals surface area (Å²) in [6.45, 7) is 15.7. The van der Waals surface area contributed by atoms with Crippen molar-refractivity contribution in [1.29, 1.82) is 5.26 Å². The normalized spacial score (nSPS) is 49.8. The number of carbonyl (C=O) groups excluding carboxylic acids is 2. The Morgan fingerprint density at radius 1 is 1.00 bits per heavy atom. The zero-order valence-corrected chi connectivity index (χ0v) is 24.2. The van der Waals surface area contributed by atoms with Crippen LogP contribution in [-0.4, -0.2) is 30.1 Å². The standard InChI is InChI=1S/C32H47NO4/c1-27(2)11-13-32(26(36)37-8)14-12-31(7)24(20(32)17-27)21(34)15-23-29(5)16-19(18-33)25(35)28(3,4)22(29)9-10-30(23,31)6/h16,20-24,34H,9-15,17H2,1-8H3/t20?,21-,22-,23+,24?,29-,30+,31+,32-/m0/s1. The highest BCUT2D eigenvalue weighted by atomic mass is 16.5. The predicted molar refractivity (Wildman–Crippen MR) is 142 cm³/mol. The van der Waals surface area contributed by atoms with Gasteiger partial charge in [-0.05, 0) is 96.7 Å². The highest BCUT2D eigenvalue weighted by molar-refractivity contribution is 6.04. The predicted octanol–water partition coefficient (Wildman–Crippen LogP) is 6.25. The van der Waals surface area contributed by atoms with E-state index in [1.807, 2.05) is 19.9 Å². The summed E-state index contributed by atoms with van der Waals surface area (Å²) in [7, 11) is 1.52. The lowest BCUT2D eigenvalue weighted by molar-refractivity contribution is -0.260. The van der Waals surface area contributed by atoms with Crippen LogP contribution >= 0.6 is 0 Å². The molecule has 2 unspecified atom stereocenters. The maximum absolute atomic E-state index is 13.4. The van der Waals surface area contributed by atoms with E-state index < -0.39 is 16.9 Å². The smallest absolute Gasteiger partial charge is 0.312 e. The fraction of sp³-hybridized carbons (Fsp3) is 0.844. The SMILES string of the molecule is COC(=O)[C@]12CCC(C)(C)CC1C1[C@@H](O)C[C@@H]3[C@@]4(C)C=C(C#N)C(=O)C(C)(C)[C@@H]4CC[C@@]3(C)[C@]1(C)CC2. The van der Waals surface area contributed by atoms with Crippen molar-refractivity contribution in [3.63, 3.8) is 0 Å². The largest absolute Gasteiger partial charge is 0.469 e. The molecule has 5 aliphatic carbocycles. The zero-order chi connectivity index (χ0) is 27.4. The quantitative estimate of drug-likeness (QED) is 0.422. The molecule has 0 aliphatic heterocycles. The number of aliphatic hydroxyl groups is 1. The third-order valence-corrected chi connectivity index (χ3v) is 13.3. The summed E-state index contributed by atoms with van der Waals surface area (Å²) in [5, 5.41) is 22.0. The van der Waals surface area contributed by atoms with Crippen LogP contribution in [0.4, 0.5) is 0 Å². The second kappa shape index (κ2) is 7.93. The van der Waals surface area contributed by atoms with Gasteiger partial charge in [0.1, 0.15) is 6.07 Å². The number of ketones is 1. The van der Waals surface area contributed by atoms with Crippen LogP contribution in [0.3, 0.4) is 0 Å². The Balaban J connectivity index is 1.64. The molecule has 4 fully saturated rings. The summed E-state index contributed by atoms with van der Waals surface area (Å²) in [6, 6.07) is 2.22. The van der Waals surface area contributed by atoms with Gasteiger partial charge >= 0.3 is 5.97 Å². The molecular formula is C32H47NO4. The highest BCUT2D eigenvalue weighted by Crippen LogP contribution is 2.76. The third-order valence-electron chi connectivity index (χ3n) is 13.3. The number of Topliss-reactive ketones (excluding diaryl/α,β-unsaturated/α-hetero) is 1. The first-order chi connectivity index (χ1) is 17.0. The molecule has 0 saturated heterocycles. The molecule has 5 nitrogen and oxygen atoms in total. The number of carbonyl (C=O) groups is 2. The lowest BCUT2D eigenvalue weighted by atomic mass is 9.31. The number of rotatable bonds is 1. The Kier molecular flexibility index (Phi) is 5.77. The van der Waals surface area contributed by atoms with Crippen molar-refractivity contribution < 1.29 is 19.4 Å². The minimum absolute atomic E-state index is 0.0268. The van der Waals surface area contributed by atoms with E-state index in [1.165, 1.54) is 7.11 Å². The van der Waals surface area contributed by atoms with E-state index in [1.54, 1.807) is 0 Å². The van der Waals surface area contributed by atoms with Crippen LogP contribution in [0.2, 0.25) is 0 Å². The Morgan fingerprint density at radius 3 is 2.27 bits per heavy atom. The molecule has 0 radical (unpaired) electrons. The van der Waals surface area contributed by atoms with Gasteiger partial charge in [-0.2, -0.15) is 5.26 Å². The van der Waals surface area contributed by atoms with E-state index in [9.17, 15) is 20.0 Å². The summed E-state index contributed by atoms with van der Waals surface area (Å²) >= 11 is 0. The van der Waals surface area contributed by atoms with Gasteiger partial charge in [0.2, 0.25) is 0 Å². The summed E-state index contributed by atoms with van der Waals surface area (Å²) in [6.07, 6.45) is 8.54. The second-order valence-corrected chi connectivity index (χ2v) is 15.5. The van der Waals surface area contributed by atoms with Crippen LogP contribution in [0.1, 0.15) is 99.8 Å². The minimum atomic E-state index is -0.599. The van der Waals surface area contributed by atoms with E-state index in [-0.39, 0.29) is 62.7 Å². The summed E-state index contributed by atoms with van der Waals surface area (Å²) < 4.78 is 5.45. The van der Waals surface area contributed by atoms with Gasteiger partial charge in [0.25, 0.3) is 0 Å². The van der Waals surface area contributed by atoms with Crippen LogP contribution in [0.25, 0.3) is 0 Å². The van der Waals surface area contributed by atoms with Crippen molar-refractivity contribution in [1.82, 2.24) is 0 Å². The number of esters is 1. The fourth-order valence-corrected chi connectivity index (χ4v) is 11.2. The second-order valence-electron chi connectivity index (χ2n) is 15.5. The molecule has 0 bridgehead atoms. The molecule has 0 aromatic carbocycles. The summed E-state index contributed by atoms with van der Waals surface area (Å²) in [5.74, 6) is 0.300. The van der Waals surface area contributed by atoms with Crippen LogP contribution in [0, 0.1) is 67.5 Å². The Labute approximate surface area is 223 Å². The number of methoxy groups -OCH3 is 1. The average Bonchev–Trinajstić information content (AvgIpc) is 2.82. The number of allylic oxidation sites excluding steroid dienone is 2. The van der Waals surface area contributed by atoms with Crippen LogP contribution in [-0.2, 0) is 14.3 Å². The molecule has 204 valence electrons. The Morgan fingerprint density at radius 2 is 1.65 bits per heavy atom. The van der Waals surface area contributed by atoms with Crippen molar-refractivity contribution in [2.24, 2.45) is 56.2 Å². The molecule has 0 spiro atoms. The highest BCUT2D eigenvalue weighted by Gasteiger charge is 2.73. The topological polar surface area (TPSA) is 87.4 Å². The van der Waals surface area contributed by atoms with Crippen molar-refractivity contribution in [3.05, 3.63) is 11.6 Å². The summed E-state index contributed by atoms with van der Waals surface area (Å²) in [5.41, 5.74) is -1.25. The molecule has 1 N–H and O–H groups in total. The number of hydrogen-bond donors (Lipinski definition) is 1. The first kappa shape index (κ1) is 26.9. The number of fused-ring (bicyclic) bond motifs is 7. The molecule has 0 amide bonds. The molecule has 37 heavy (non-hydrogen) atoms. The maximum Gasteiger partial charge on any atom is 0.312 e. The lowest BCUT2D eigenvalue weighted by Crippen LogP contribution is -2.70. The van der Waals surface area contributed by atoms with E-state index in [4.69, 9.17) is 4.74 Å². The van der Waals surface area contributed by atoms with Gasteiger partial charge in [0.15, 0.2) is 5.78 Å². The van der Waals surface area contributed by atoms with Crippen LogP contribution in [0.5, 0.6) is 0 Å². The van der Waals surface area contributed by atoms with Gasteiger partial charge in [0, 0.05) is 5.41 Å². The minimum Gasteiger partial charge on any atom is -0.469 e. The number of aliphatic hydroxyl groups excluding tert-OH is 1. The van der Waals surface area contributed by atoms with Crippen molar-refractivity contribution in [2.45, 2.75) is 106 Å². The number of ether oxygens (including phenoxy) is 1. The van der Waals surface area contributed by atoms with Crippen molar-refractivity contribution in [3.8, 4) is 6.07 Å². The van der Waals surface area contributed by atoms with Gasteiger partial charge in [-0.3, -0.25) is 9.59 Å². The molecule has 4 saturated carbocycles. The van der Waals surface area contributed by atoms with Gasteiger partial charge in [0.05, 0.1) is 24.2 Å². The van der Waals surface area contributed by atoms with Gasteiger partial charge < -0.3 is 9.84 Å². The van der Waals surface area contributed by atoms with Crippen LogP contribution < -0.4 is 0 Å². The first-order valence-electron chi connectivity index (χ1n) is 14.5. The molecule has 5 heteroatoms. The molecule has 0 heterocycles. The van der Waals surface area contributed by atoms with Gasteiger partial charge in [-0.15, -0.1) is 0 Å². The molecule has 0 aromatic heterocycles. The fourth-order valence-electron chi connectivity index (χ4n) is 11.2. The molecule has 9 atom stereocenters. The lowest BCUT2D eigenvalue weighted by Gasteiger charge is -2.73. The van der Waals surface area contributed by atoms with E-state index in [0.717, 1.165) is 44.9 Å². The molecule has 0 aromatic rings. The summed E-state index contributed by atoms with van der Waals surface area (Å²) in [4.78, 5) is 26.7. The molecular weight excluding hydrogens is 462 g/mol. The maximum atomic E-state index is 13.4. The molecule has 5 aliphatic rings. The Bertz CT molecular complexity index is 1100. The number of hydrogen-bond acceptors (Lipinski definition) is 5. The number of nitrogens with zero attached hydrogens (tertiary/aromatic N) is 1. The van der Waals surface area contributed by atoms with Crippen molar-refractivity contribution >= 4 is 11.8 Å². The first-order valence-corrected chi connectivity index (χ1v) is 14.5. The third kappa shape index (κ3) is 3.23. The van der Waals surface area contributed by atoms with Crippen LogP contribution in [0.15, 0.2) is 11.6 Å². The average molecular weight is 510 g/mol. The van der Waals surface area contributed by atoms with E-state index in [0.29, 0.717) is 6.42 Å². The number of nitriles is 1. The van der Waals surface area contributed by atoms with E-state index >= 15 is 0 Å². The van der Waals surface area contributed by atoms with Crippen molar-refractivity contribution in [2.75, 3.05) is 7.11 Å². The van der Waals surface area contributed by atoms with E-state index in [2.05, 4.69) is 40.7 Å². The zero-order valence-electron chi connectivity index (χ0n) is 24.2. The Hall–Kier alpha value is -1.67. The van der Waals surface area contributed by atoms with Gasteiger partial charge in [-0.1, -0.05) is 54.5 Å². The van der Waals surface area contributed by atoms with Gasteiger partial charge in [-0.25, -0.2) is 0 Å².